The number of rotatable bonds is 6. The molecule has 1 N–H and O–H groups in total. The number of hydrogen-bond donors (Lipinski definition) is 2. The standard InChI is InChI=1S/C20H19ClF2N6OS2/c1-29-27-18(26-28-29)12-4-2-11(3-5-12)16(14-6-8-20(22,23)17(14)32-31)19(30)25-13-7-9-24-15(21)10-13/h2-5,7,9-10,14,16-17,31H,6,8H2,1H3,(H,24,25,30)/t14-,16-,17?/m1/s1. The fraction of sp³-hybridized carbons (Fsp3) is 0.350. The van der Waals surface area contributed by atoms with Crippen molar-refractivity contribution in [3.8, 4) is 11.4 Å². The first-order valence-corrected chi connectivity index (χ1v) is 12.0. The van der Waals surface area contributed by atoms with Gasteiger partial charge >= 0.3 is 0 Å². The Morgan fingerprint density at radius 3 is 2.72 bits per heavy atom. The van der Waals surface area contributed by atoms with E-state index >= 15 is 0 Å². The van der Waals surface area contributed by atoms with Crippen LogP contribution in [-0.2, 0) is 11.8 Å². The van der Waals surface area contributed by atoms with Gasteiger partial charge in [-0.3, -0.25) is 4.79 Å². The molecule has 1 amide bonds. The minimum atomic E-state index is -2.90. The smallest absolute Gasteiger partial charge is 0.260 e. The minimum absolute atomic E-state index is 0.202. The van der Waals surface area contributed by atoms with Crippen molar-refractivity contribution in [1.29, 1.82) is 0 Å². The quantitative estimate of drug-likeness (QED) is 0.294. The molecule has 1 fully saturated rings. The molecule has 1 aromatic carbocycles. The summed E-state index contributed by atoms with van der Waals surface area (Å²) in [5, 5.41) is 13.9. The lowest BCUT2D eigenvalue weighted by Crippen LogP contribution is -2.35. The third kappa shape index (κ3) is 4.74. The molecule has 3 aromatic rings. The average Bonchev–Trinajstić information content (AvgIpc) is 3.31. The Balaban J connectivity index is 1.68. The maximum Gasteiger partial charge on any atom is 0.260 e. The molecule has 1 saturated carbocycles. The SMILES string of the molecule is Cn1nnc(-c2ccc([C@@H](C(=O)Nc3ccnc(Cl)c3)[C@H]3CCC(F)(F)C3SS)cc2)n1. The third-order valence-electron chi connectivity index (χ3n) is 5.47. The molecule has 1 aliphatic rings. The molecule has 3 atom stereocenters. The van der Waals surface area contributed by atoms with Gasteiger partial charge in [-0.25, -0.2) is 13.8 Å². The van der Waals surface area contributed by atoms with E-state index in [0.29, 0.717) is 22.6 Å². The van der Waals surface area contributed by atoms with Gasteiger partial charge in [0.1, 0.15) is 5.15 Å². The van der Waals surface area contributed by atoms with E-state index in [1.54, 1.807) is 37.4 Å². The first-order chi connectivity index (χ1) is 15.3. The lowest BCUT2D eigenvalue weighted by molar-refractivity contribution is -0.118. The molecule has 168 valence electrons. The molecule has 4 rings (SSSR count). The van der Waals surface area contributed by atoms with Crippen LogP contribution >= 0.6 is 34.1 Å². The van der Waals surface area contributed by atoms with Crippen molar-refractivity contribution in [3.05, 3.63) is 53.3 Å². The second-order valence-corrected chi connectivity index (χ2v) is 9.29. The molecule has 7 nitrogen and oxygen atoms in total. The van der Waals surface area contributed by atoms with Crippen molar-refractivity contribution in [2.75, 3.05) is 5.32 Å². The third-order valence-corrected chi connectivity index (χ3v) is 7.28. The summed E-state index contributed by atoms with van der Waals surface area (Å²) in [6.07, 6.45) is 1.38. The van der Waals surface area contributed by atoms with E-state index in [2.05, 4.69) is 37.4 Å². The van der Waals surface area contributed by atoms with Crippen molar-refractivity contribution < 1.29 is 13.6 Å². The number of nitrogens with zero attached hydrogens (tertiary/aromatic N) is 5. The summed E-state index contributed by atoms with van der Waals surface area (Å²) in [6.45, 7) is 0. The second-order valence-electron chi connectivity index (χ2n) is 7.55. The molecule has 1 aliphatic carbocycles. The van der Waals surface area contributed by atoms with Gasteiger partial charge in [0.05, 0.1) is 18.2 Å². The molecular formula is C20H19ClF2N6OS2. The van der Waals surface area contributed by atoms with Gasteiger partial charge in [-0.2, -0.15) is 4.80 Å². The zero-order valence-corrected chi connectivity index (χ0v) is 19.3. The fourth-order valence-corrected chi connectivity index (χ4v) is 5.82. The maximum atomic E-state index is 14.5. The molecule has 0 spiro atoms. The van der Waals surface area contributed by atoms with Crippen LogP contribution in [0.1, 0.15) is 24.3 Å². The number of tetrazole rings is 1. The summed E-state index contributed by atoms with van der Waals surface area (Å²) in [6, 6.07) is 10.1. The molecule has 2 heterocycles. The number of aromatic nitrogens is 5. The molecule has 12 heteroatoms. The predicted molar refractivity (Wildman–Crippen MR) is 123 cm³/mol. The summed E-state index contributed by atoms with van der Waals surface area (Å²) in [5.74, 6) is -4.29. The Hall–Kier alpha value is -2.24. The Bertz CT molecular complexity index is 1110. The summed E-state index contributed by atoms with van der Waals surface area (Å²) in [7, 11) is 2.46. The number of thiol groups is 1. The number of carbonyl (C=O) groups excluding carboxylic acids is 1. The topological polar surface area (TPSA) is 85.6 Å². The van der Waals surface area contributed by atoms with Gasteiger partial charge in [-0.05, 0) is 35.2 Å². The number of anilines is 1. The van der Waals surface area contributed by atoms with E-state index in [-0.39, 0.29) is 18.0 Å². The van der Waals surface area contributed by atoms with Gasteiger partial charge in [0.25, 0.3) is 5.92 Å². The number of benzene rings is 1. The highest BCUT2D eigenvalue weighted by atomic mass is 35.5. The van der Waals surface area contributed by atoms with E-state index in [4.69, 9.17) is 11.6 Å². The molecule has 2 aromatic heterocycles. The highest BCUT2D eigenvalue weighted by molar-refractivity contribution is 8.68. The Morgan fingerprint density at radius 1 is 1.34 bits per heavy atom. The van der Waals surface area contributed by atoms with Gasteiger partial charge in [-0.15, -0.1) is 21.9 Å². The van der Waals surface area contributed by atoms with E-state index in [0.717, 1.165) is 10.8 Å². The van der Waals surface area contributed by atoms with Crippen molar-refractivity contribution in [2.24, 2.45) is 13.0 Å². The van der Waals surface area contributed by atoms with E-state index in [1.165, 1.54) is 17.1 Å². The van der Waals surface area contributed by atoms with Crippen molar-refractivity contribution in [2.45, 2.75) is 29.9 Å². The van der Waals surface area contributed by atoms with Gasteiger partial charge in [-0.1, -0.05) is 46.7 Å². The molecule has 0 bridgehead atoms. The molecule has 0 saturated heterocycles. The van der Waals surface area contributed by atoms with E-state index in [1.807, 2.05) is 0 Å². The van der Waals surface area contributed by atoms with Crippen LogP contribution in [-0.4, -0.2) is 42.3 Å². The van der Waals surface area contributed by atoms with Crippen molar-refractivity contribution in [3.63, 3.8) is 0 Å². The van der Waals surface area contributed by atoms with Gasteiger partial charge < -0.3 is 5.32 Å². The van der Waals surface area contributed by atoms with Gasteiger partial charge in [0, 0.05) is 23.9 Å². The molecule has 32 heavy (non-hydrogen) atoms. The highest BCUT2D eigenvalue weighted by Crippen LogP contribution is 2.52. The van der Waals surface area contributed by atoms with Crippen molar-refractivity contribution in [1.82, 2.24) is 25.2 Å². The lowest BCUT2D eigenvalue weighted by Gasteiger charge is -2.29. The predicted octanol–water partition coefficient (Wildman–Crippen LogP) is 4.64. The first kappa shape index (κ1) is 22.9. The minimum Gasteiger partial charge on any atom is -0.325 e. The summed E-state index contributed by atoms with van der Waals surface area (Å²) in [4.78, 5) is 18.6. The second kappa shape index (κ2) is 9.32. The summed E-state index contributed by atoms with van der Waals surface area (Å²) >= 11 is 10.0. The lowest BCUT2D eigenvalue weighted by atomic mass is 9.83. The number of hydrogen-bond acceptors (Lipinski definition) is 7. The first-order valence-electron chi connectivity index (χ1n) is 9.73. The van der Waals surface area contributed by atoms with Crippen LogP contribution in [0.5, 0.6) is 0 Å². The van der Waals surface area contributed by atoms with Gasteiger partial charge in [0.15, 0.2) is 0 Å². The Labute approximate surface area is 197 Å². The molecule has 0 aliphatic heterocycles. The summed E-state index contributed by atoms with van der Waals surface area (Å²) < 4.78 is 29.0. The molecular weight excluding hydrogens is 478 g/mol. The Morgan fingerprint density at radius 2 is 2.09 bits per heavy atom. The zero-order valence-electron chi connectivity index (χ0n) is 16.8. The van der Waals surface area contributed by atoms with Crippen LogP contribution < -0.4 is 5.32 Å². The van der Waals surface area contributed by atoms with Crippen molar-refractivity contribution >= 4 is 45.7 Å². The molecule has 1 unspecified atom stereocenters. The zero-order chi connectivity index (χ0) is 22.9. The number of alkyl halides is 2. The van der Waals surface area contributed by atoms with E-state index < -0.39 is 28.9 Å². The number of amides is 1. The highest BCUT2D eigenvalue weighted by Gasteiger charge is 2.54. The average molecular weight is 497 g/mol. The van der Waals surface area contributed by atoms with Crippen LogP contribution in [0.15, 0.2) is 42.6 Å². The number of pyridine rings is 1. The van der Waals surface area contributed by atoms with Crippen LogP contribution in [0.3, 0.4) is 0 Å². The monoisotopic (exact) mass is 496 g/mol. The van der Waals surface area contributed by atoms with E-state index in [9.17, 15) is 13.6 Å². The summed E-state index contributed by atoms with van der Waals surface area (Å²) in [5.41, 5.74) is 1.77. The van der Waals surface area contributed by atoms with Crippen LogP contribution in [0.2, 0.25) is 5.15 Å². The number of halogens is 3. The number of nitrogens with one attached hydrogen (secondary N) is 1. The molecule has 0 radical (unpaired) electrons. The fourth-order valence-electron chi connectivity index (χ4n) is 4.00. The van der Waals surface area contributed by atoms with Crippen LogP contribution in [0.4, 0.5) is 14.5 Å². The van der Waals surface area contributed by atoms with Crippen LogP contribution in [0.25, 0.3) is 11.4 Å². The Kier molecular flexibility index (Phi) is 6.68. The number of carbonyl (C=O) groups is 1. The largest absolute Gasteiger partial charge is 0.325 e. The van der Waals surface area contributed by atoms with Gasteiger partial charge in [0.2, 0.25) is 11.7 Å². The normalized spacial score (nSPS) is 20.8. The number of aryl methyl sites for hydroxylation is 1. The maximum absolute atomic E-state index is 14.5. The van der Waals surface area contributed by atoms with Crippen LogP contribution in [0, 0.1) is 5.92 Å².